The van der Waals surface area contributed by atoms with Gasteiger partial charge in [-0.15, -0.1) is 0 Å². The summed E-state index contributed by atoms with van der Waals surface area (Å²) in [4.78, 5) is 22.3. The van der Waals surface area contributed by atoms with Crippen LogP contribution < -0.4 is 0 Å². The van der Waals surface area contributed by atoms with Crippen molar-refractivity contribution >= 4 is 24.0 Å². The fourth-order valence-electron chi connectivity index (χ4n) is 1.21. The Balaban J connectivity index is 2.67. The number of carbonyl (C=O) groups excluding carboxylic acids is 1. The van der Waals surface area contributed by atoms with Crippen molar-refractivity contribution in [3.05, 3.63) is 10.6 Å². The van der Waals surface area contributed by atoms with Gasteiger partial charge < -0.3 is 10.0 Å². The van der Waals surface area contributed by atoms with Crippen LogP contribution in [0.5, 0.6) is 0 Å². The summed E-state index contributed by atoms with van der Waals surface area (Å²) in [5, 5.41) is 9.17. The van der Waals surface area contributed by atoms with Crippen LogP contribution in [0.4, 0.5) is 4.79 Å². The van der Waals surface area contributed by atoms with E-state index in [9.17, 15) is 9.59 Å². The van der Waals surface area contributed by atoms with Gasteiger partial charge in [0.1, 0.15) is 6.29 Å². The SMILES string of the molecule is O=CC1=C(Cl)CCN(C(=O)O)CC1. The van der Waals surface area contributed by atoms with Gasteiger partial charge in [0.25, 0.3) is 0 Å². The molecule has 13 heavy (non-hydrogen) atoms. The van der Waals surface area contributed by atoms with Crippen molar-refractivity contribution in [2.75, 3.05) is 13.1 Å². The van der Waals surface area contributed by atoms with Crippen LogP contribution in [-0.2, 0) is 4.79 Å². The monoisotopic (exact) mass is 203 g/mol. The molecule has 1 rings (SSSR count). The number of carbonyl (C=O) groups is 2. The maximum atomic E-state index is 10.6. The summed E-state index contributed by atoms with van der Waals surface area (Å²) in [5.74, 6) is 0. The Bertz CT molecular complexity index is 262. The van der Waals surface area contributed by atoms with Crippen molar-refractivity contribution in [3.63, 3.8) is 0 Å². The molecule has 0 spiro atoms. The smallest absolute Gasteiger partial charge is 0.407 e. The zero-order valence-corrected chi connectivity index (χ0v) is 7.75. The zero-order valence-electron chi connectivity index (χ0n) is 6.99. The molecule has 1 heterocycles. The van der Waals surface area contributed by atoms with E-state index < -0.39 is 6.09 Å². The van der Waals surface area contributed by atoms with Gasteiger partial charge in [-0.25, -0.2) is 4.79 Å². The lowest BCUT2D eigenvalue weighted by atomic mass is 10.2. The molecule has 72 valence electrons. The second-order valence-corrected chi connectivity index (χ2v) is 3.27. The van der Waals surface area contributed by atoms with Crippen molar-refractivity contribution in [1.82, 2.24) is 4.90 Å². The summed E-state index contributed by atoms with van der Waals surface area (Å²) in [6.07, 6.45) is 0.584. The second-order valence-electron chi connectivity index (χ2n) is 2.82. The largest absolute Gasteiger partial charge is 0.465 e. The van der Waals surface area contributed by atoms with Crippen molar-refractivity contribution < 1.29 is 14.7 Å². The highest BCUT2D eigenvalue weighted by molar-refractivity contribution is 6.31. The number of carboxylic acid groups (broad SMARTS) is 1. The standard InChI is InChI=1S/C8H10ClNO3/c9-7-2-4-10(8(12)13)3-1-6(7)5-11/h5H,1-4H2,(H,12,13). The highest BCUT2D eigenvalue weighted by Crippen LogP contribution is 2.20. The van der Waals surface area contributed by atoms with E-state index in [2.05, 4.69) is 0 Å². The Morgan fingerprint density at radius 2 is 2.08 bits per heavy atom. The first kappa shape index (κ1) is 10.1. The van der Waals surface area contributed by atoms with E-state index in [1.807, 2.05) is 0 Å². The quantitative estimate of drug-likeness (QED) is 0.657. The first-order chi connectivity index (χ1) is 6.15. The maximum absolute atomic E-state index is 10.6. The van der Waals surface area contributed by atoms with Crippen LogP contribution in [0.25, 0.3) is 0 Å². The lowest BCUT2D eigenvalue weighted by molar-refractivity contribution is -0.105. The molecule has 0 bridgehead atoms. The maximum Gasteiger partial charge on any atom is 0.407 e. The molecule has 0 aromatic carbocycles. The molecule has 0 unspecified atom stereocenters. The van der Waals surface area contributed by atoms with Crippen LogP contribution in [0.1, 0.15) is 12.8 Å². The third kappa shape index (κ3) is 2.45. The van der Waals surface area contributed by atoms with E-state index in [-0.39, 0.29) is 0 Å². The molecule has 0 aliphatic carbocycles. The van der Waals surface area contributed by atoms with Crippen LogP contribution in [0.2, 0.25) is 0 Å². The van der Waals surface area contributed by atoms with Crippen LogP contribution in [-0.4, -0.2) is 35.5 Å². The number of nitrogens with zero attached hydrogens (tertiary/aromatic N) is 1. The van der Waals surface area contributed by atoms with E-state index >= 15 is 0 Å². The summed E-state index contributed by atoms with van der Waals surface area (Å²) in [6, 6.07) is 0. The predicted molar refractivity (Wildman–Crippen MR) is 47.8 cm³/mol. The number of halogens is 1. The Hall–Kier alpha value is -1.03. The third-order valence-electron chi connectivity index (χ3n) is 2.01. The molecule has 0 saturated heterocycles. The summed E-state index contributed by atoms with van der Waals surface area (Å²) < 4.78 is 0. The predicted octanol–water partition coefficient (Wildman–Crippen LogP) is 1.45. The third-order valence-corrected chi connectivity index (χ3v) is 2.45. The normalized spacial score (nSPS) is 18.4. The molecule has 1 aliphatic heterocycles. The minimum Gasteiger partial charge on any atom is -0.465 e. The Kier molecular flexibility index (Phi) is 3.31. The number of hydrogen-bond acceptors (Lipinski definition) is 2. The zero-order chi connectivity index (χ0) is 9.84. The van der Waals surface area contributed by atoms with Gasteiger partial charge in [-0.05, 0) is 6.42 Å². The van der Waals surface area contributed by atoms with Gasteiger partial charge in [0.2, 0.25) is 0 Å². The van der Waals surface area contributed by atoms with E-state index in [1.165, 1.54) is 4.90 Å². The average molecular weight is 204 g/mol. The summed E-state index contributed by atoms with van der Waals surface area (Å²) in [6.45, 7) is 0.713. The summed E-state index contributed by atoms with van der Waals surface area (Å²) in [7, 11) is 0. The topological polar surface area (TPSA) is 57.6 Å². The fourth-order valence-corrected chi connectivity index (χ4v) is 1.43. The highest BCUT2D eigenvalue weighted by Gasteiger charge is 2.17. The van der Waals surface area contributed by atoms with Crippen molar-refractivity contribution in [2.45, 2.75) is 12.8 Å². The molecule has 0 saturated carbocycles. The molecule has 0 fully saturated rings. The van der Waals surface area contributed by atoms with E-state index in [1.54, 1.807) is 0 Å². The lowest BCUT2D eigenvalue weighted by Crippen LogP contribution is -2.30. The van der Waals surface area contributed by atoms with E-state index in [0.29, 0.717) is 42.8 Å². The summed E-state index contributed by atoms with van der Waals surface area (Å²) >= 11 is 5.79. The van der Waals surface area contributed by atoms with Crippen molar-refractivity contribution in [2.24, 2.45) is 0 Å². The number of rotatable bonds is 1. The fraction of sp³-hybridized carbons (Fsp3) is 0.500. The molecule has 1 N–H and O–H groups in total. The minimum atomic E-state index is -0.961. The van der Waals surface area contributed by atoms with Crippen LogP contribution in [0, 0.1) is 0 Å². The van der Waals surface area contributed by atoms with Gasteiger partial charge in [-0.3, -0.25) is 4.79 Å². The Labute approximate surface area is 80.8 Å². The van der Waals surface area contributed by atoms with Crippen LogP contribution in [0.3, 0.4) is 0 Å². The highest BCUT2D eigenvalue weighted by atomic mass is 35.5. The van der Waals surface area contributed by atoms with E-state index in [0.717, 1.165) is 0 Å². The molecular weight excluding hydrogens is 194 g/mol. The molecule has 4 nitrogen and oxygen atoms in total. The molecular formula is C8H10ClNO3. The molecule has 0 atom stereocenters. The van der Waals surface area contributed by atoms with Crippen LogP contribution in [0.15, 0.2) is 10.6 Å². The first-order valence-electron chi connectivity index (χ1n) is 3.95. The van der Waals surface area contributed by atoms with Crippen LogP contribution >= 0.6 is 11.6 Å². The van der Waals surface area contributed by atoms with Gasteiger partial charge in [0.05, 0.1) is 0 Å². The average Bonchev–Trinajstić information content (AvgIpc) is 2.27. The number of aldehydes is 1. The Morgan fingerprint density at radius 3 is 2.62 bits per heavy atom. The second kappa shape index (κ2) is 4.28. The molecule has 5 heteroatoms. The molecule has 0 aromatic rings. The van der Waals surface area contributed by atoms with Gasteiger partial charge >= 0.3 is 6.09 Å². The Morgan fingerprint density at radius 1 is 1.46 bits per heavy atom. The lowest BCUT2D eigenvalue weighted by Gasteiger charge is -2.15. The van der Waals surface area contributed by atoms with Crippen molar-refractivity contribution in [1.29, 1.82) is 0 Å². The molecule has 1 aliphatic rings. The van der Waals surface area contributed by atoms with E-state index in [4.69, 9.17) is 16.7 Å². The number of amides is 1. The molecule has 0 aromatic heterocycles. The van der Waals surface area contributed by atoms with Gasteiger partial charge in [-0.1, -0.05) is 11.6 Å². The summed E-state index contributed by atoms with van der Waals surface area (Å²) in [5.41, 5.74) is 0.519. The van der Waals surface area contributed by atoms with Gasteiger partial charge in [0.15, 0.2) is 0 Å². The molecule has 0 radical (unpaired) electrons. The molecule has 1 amide bonds. The van der Waals surface area contributed by atoms with Gasteiger partial charge in [0, 0.05) is 30.1 Å². The van der Waals surface area contributed by atoms with Crippen molar-refractivity contribution in [3.8, 4) is 0 Å². The van der Waals surface area contributed by atoms with Gasteiger partial charge in [-0.2, -0.15) is 0 Å². The first-order valence-corrected chi connectivity index (χ1v) is 4.33. The minimum absolute atomic E-state index is 0.347. The number of hydrogen-bond donors (Lipinski definition) is 1.